The van der Waals surface area contributed by atoms with Crippen LogP contribution in [0.4, 0.5) is 17.1 Å². The third-order valence-electron chi connectivity index (χ3n) is 13.9. The van der Waals surface area contributed by atoms with Crippen LogP contribution in [-0.4, -0.2) is 0 Å². The highest BCUT2D eigenvalue weighted by atomic mass is 32.1. The molecule has 0 amide bonds. The fraction of sp³-hybridized carbons (Fsp3) is 0.0476. The molecule has 66 heavy (non-hydrogen) atoms. The Balaban J connectivity index is 1.00. The average molecular weight is 862 g/mol. The van der Waals surface area contributed by atoms with Crippen molar-refractivity contribution in [3.05, 3.63) is 236 Å². The molecular weight excluding hydrogens is 819 g/mol. The molecule has 0 bridgehead atoms. The second-order valence-corrected chi connectivity index (χ2v) is 19.0. The summed E-state index contributed by atoms with van der Waals surface area (Å²) >= 11 is 1.89. The molecule has 1 aliphatic carbocycles. The van der Waals surface area contributed by atoms with Crippen LogP contribution in [-0.2, 0) is 5.41 Å². The van der Waals surface area contributed by atoms with E-state index in [9.17, 15) is 0 Å². The van der Waals surface area contributed by atoms with Crippen LogP contribution in [0.2, 0.25) is 0 Å². The summed E-state index contributed by atoms with van der Waals surface area (Å²) in [6.45, 7) is 4.73. The first kappa shape index (κ1) is 38.5. The second-order valence-electron chi connectivity index (χ2n) is 18.0. The first-order valence-corrected chi connectivity index (χ1v) is 23.6. The van der Waals surface area contributed by atoms with E-state index in [4.69, 9.17) is 4.42 Å². The Bertz CT molecular complexity index is 3810. The molecule has 0 N–H and O–H groups in total. The fourth-order valence-corrected chi connectivity index (χ4v) is 12.0. The minimum absolute atomic E-state index is 0.218. The van der Waals surface area contributed by atoms with Crippen LogP contribution in [0.25, 0.3) is 97.7 Å². The number of thiophene rings is 1. The van der Waals surface area contributed by atoms with Gasteiger partial charge < -0.3 is 9.32 Å². The van der Waals surface area contributed by atoms with Crippen LogP contribution >= 0.6 is 11.3 Å². The van der Waals surface area contributed by atoms with Crippen molar-refractivity contribution in [2.45, 2.75) is 19.3 Å². The van der Waals surface area contributed by atoms with Gasteiger partial charge in [0.05, 0.1) is 0 Å². The summed E-state index contributed by atoms with van der Waals surface area (Å²) in [7, 11) is 0. The molecule has 2 aromatic heterocycles. The Kier molecular flexibility index (Phi) is 8.78. The molecule has 0 unspecified atom stereocenters. The molecular formula is C63H43NOS. The van der Waals surface area contributed by atoms with Crippen molar-refractivity contribution in [3.63, 3.8) is 0 Å². The Labute approximate surface area is 388 Å². The first-order valence-electron chi connectivity index (χ1n) is 22.7. The van der Waals surface area contributed by atoms with E-state index < -0.39 is 0 Å². The number of fused-ring (bicyclic) bond motifs is 10. The number of anilines is 3. The maximum absolute atomic E-state index is 7.41. The maximum Gasteiger partial charge on any atom is 0.144 e. The van der Waals surface area contributed by atoms with E-state index in [2.05, 4.69) is 243 Å². The lowest BCUT2D eigenvalue weighted by Gasteiger charge is -2.26. The predicted molar refractivity (Wildman–Crippen MR) is 281 cm³/mol. The molecule has 1 aliphatic rings. The largest absolute Gasteiger partial charge is 0.455 e. The molecule has 10 aromatic carbocycles. The standard InChI is InChI=1S/C63H43NOS/c1-63(2)54-29-13-12-23-50(54)59-55(63)39-53(49-26-16-30-56-57(49)52-28-15-25-48(62(52)66-56)42-19-8-4-9-20-42)58-51-27-14-24-47(60(51)65-61(58)59)43-33-37-46(38-34-43)64(44-21-10-5-11-22-44)45-35-31-41(32-36-45)40-17-6-3-7-18-40/h3-39H,1-2H3. The smallest absolute Gasteiger partial charge is 0.144 e. The third-order valence-corrected chi connectivity index (χ3v) is 15.1. The summed E-state index contributed by atoms with van der Waals surface area (Å²) in [6.07, 6.45) is 0. The van der Waals surface area contributed by atoms with Crippen molar-refractivity contribution in [1.82, 2.24) is 0 Å². The van der Waals surface area contributed by atoms with Gasteiger partial charge in [0.15, 0.2) is 0 Å². The van der Waals surface area contributed by atoms with E-state index in [0.29, 0.717) is 0 Å². The van der Waals surface area contributed by atoms with Gasteiger partial charge in [-0.25, -0.2) is 0 Å². The molecule has 0 saturated heterocycles. The van der Waals surface area contributed by atoms with E-state index in [-0.39, 0.29) is 5.41 Å². The number of rotatable bonds is 7. The van der Waals surface area contributed by atoms with Crippen molar-refractivity contribution in [2.24, 2.45) is 0 Å². The molecule has 3 heteroatoms. The van der Waals surface area contributed by atoms with Crippen molar-refractivity contribution in [3.8, 4) is 55.6 Å². The van der Waals surface area contributed by atoms with Crippen LogP contribution < -0.4 is 4.90 Å². The highest BCUT2D eigenvalue weighted by Gasteiger charge is 2.39. The summed E-state index contributed by atoms with van der Waals surface area (Å²) in [5.41, 5.74) is 19.6. The van der Waals surface area contributed by atoms with Crippen LogP contribution in [0.3, 0.4) is 0 Å². The van der Waals surface area contributed by atoms with E-state index in [1.54, 1.807) is 0 Å². The molecule has 2 heterocycles. The monoisotopic (exact) mass is 861 g/mol. The van der Waals surface area contributed by atoms with E-state index in [1.807, 2.05) is 11.3 Å². The van der Waals surface area contributed by atoms with Gasteiger partial charge in [0, 0.05) is 64.5 Å². The van der Waals surface area contributed by atoms with Crippen LogP contribution in [0.1, 0.15) is 25.0 Å². The summed E-state index contributed by atoms with van der Waals surface area (Å²) in [4.78, 5) is 2.33. The molecule has 312 valence electrons. The Morgan fingerprint density at radius 3 is 1.64 bits per heavy atom. The lowest BCUT2D eigenvalue weighted by Crippen LogP contribution is -2.15. The summed E-state index contributed by atoms with van der Waals surface area (Å²) in [5, 5.41) is 4.87. The van der Waals surface area contributed by atoms with E-state index >= 15 is 0 Å². The van der Waals surface area contributed by atoms with E-state index in [0.717, 1.165) is 50.1 Å². The van der Waals surface area contributed by atoms with Crippen molar-refractivity contribution < 1.29 is 4.42 Å². The van der Waals surface area contributed by atoms with Crippen LogP contribution in [0, 0.1) is 0 Å². The molecule has 0 aliphatic heterocycles. The molecule has 13 rings (SSSR count). The second kappa shape index (κ2) is 15.1. The lowest BCUT2D eigenvalue weighted by atomic mass is 9.80. The average Bonchev–Trinajstić information content (AvgIpc) is 4.03. The molecule has 0 saturated carbocycles. The van der Waals surface area contributed by atoms with Crippen LogP contribution in [0.5, 0.6) is 0 Å². The number of hydrogen-bond donors (Lipinski definition) is 0. The summed E-state index contributed by atoms with van der Waals surface area (Å²) in [5.74, 6) is 0. The maximum atomic E-state index is 7.41. The van der Waals surface area contributed by atoms with Gasteiger partial charge in [0.25, 0.3) is 0 Å². The van der Waals surface area contributed by atoms with Gasteiger partial charge in [-0.2, -0.15) is 0 Å². The highest BCUT2D eigenvalue weighted by Crippen LogP contribution is 2.56. The highest BCUT2D eigenvalue weighted by molar-refractivity contribution is 7.26. The Morgan fingerprint density at radius 1 is 0.379 bits per heavy atom. The van der Waals surface area contributed by atoms with Crippen LogP contribution in [0.15, 0.2) is 229 Å². The molecule has 0 fully saturated rings. The van der Waals surface area contributed by atoms with Gasteiger partial charge in [-0.15, -0.1) is 11.3 Å². The zero-order valence-electron chi connectivity index (χ0n) is 36.6. The summed E-state index contributed by atoms with van der Waals surface area (Å²) in [6, 6.07) is 81.5. The van der Waals surface area contributed by atoms with Gasteiger partial charge >= 0.3 is 0 Å². The zero-order chi connectivity index (χ0) is 43.9. The Hall–Kier alpha value is -7.98. The Morgan fingerprint density at radius 2 is 0.909 bits per heavy atom. The fourth-order valence-electron chi connectivity index (χ4n) is 10.7. The van der Waals surface area contributed by atoms with Gasteiger partial charge in [0.1, 0.15) is 11.2 Å². The molecule has 0 atom stereocenters. The predicted octanol–water partition coefficient (Wildman–Crippen LogP) is 18.4. The number of hydrogen-bond acceptors (Lipinski definition) is 3. The minimum Gasteiger partial charge on any atom is -0.455 e. The third kappa shape index (κ3) is 5.94. The first-order chi connectivity index (χ1) is 32.5. The van der Waals surface area contributed by atoms with Gasteiger partial charge in [-0.1, -0.05) is 190 Å². The van der Waals surface area contributed by atoms with Crippen molar-refractivity contribution >= 4 is 70.5 Å². The van der Waals surface area contributed by atoms with Crippen molar-refractivity contribution in [2.75, 3.05) is 4.90 Å². The minimum atomic E-state index is -0.218. The quantitative estimate of drug-likeness (QED) is 0.159. The molecule has 12 aromatic rings. The number of furan rings is 1. The topological polar surface area (TPSA) is 16.4 Å². The summed E-state index contributed by atoms with van der Waals surface area (Å²) < 4.78 is 10.0. The molecule has 2 nitrogen and oxygen atoms in total. The molecule has 0 spiro atoms. The number of benzene rings is 10. The van der Waals surface area contributed by atoms with Gasteiger partial charge in [-0.05, 0) is 104 Å². The number of para-hydroxylation sites is 2. The SMILES string of the molecule is CC1(C)c2ccccc2-c2c1cc(-c1cccc3sc4c(-c5ccccc5)cccc4c13)c1c2oc2c(-c3ccc(N(c4ccccc4)c4ccc(-c5ccccc5)cc4)cc3)cccc21. The van der Waals surface area contributed by atoms with Gasteiger partial charge in [-0.3, -0.25) is 0 Å². The number of nitrogens with zero attached hydrogens (tertiary/aromatic N) is 1. The molecule has 0 radical (unpaired) electrons. The lowest BCUT2D eigenvalue weighted by molar-refractivity contribution is 0.654. The van der Waals surface area contributed by atoms with Crippen molar-refractivity contribution in [1.29, 1.82) is 0 Å². The normalized spacial score (nSPS) is 12.8. The van der Waals surface area contributed by atoms with Gasteiger partial charge in [0.2, 0.25) is 0 Å². The van der Waals surface area contributed by atoms with E-state index in [1.165, 1.54) is 75.8 Å². The zero-order valence-corrected chi connectivity index (χ0v) is 37.4.